The third kappa shape index (κ3) is 3.54. The van der Waals surface area contributed by atoms with E-state index in [-0.39, 0.29) is 34.3 Å². The Morgan fingerprint density at radius 2 is 1.96 bits per heavy atom. The maximum atomic E-state index is 11.9. The molecule has 0 aliphatic carbocycles. The van der Waals surface area contributed by atoms with Gasteiger partial charge in [-0.25, -0.2) is 0 Å². The number of hydrogen-bond acceptors (Lipinski definition) is 7. The van der Waals surface area contributed by atoms with E-state index >= 15 is 0 Å². The van der Waals surface area contributed by atoms with Crippen LogP contribution in [-0.2, 0) is 0 Å². The van der Waals surface area contributed by atoms with Gasteiger partial charge in [0.1, 0.15) is 28.6 Å². The molecular formula is C18H17N3O5. The van der Waals surface area contributed by atoms with Gasteiger partial charge in [-0.05, 0) is 31.2 Å². The normalized spacial score (nSPS) is 10.5. The van der Waals surface area contributed by atoms with Gasteiger partial charge in [0.15, 0.2) is 11.5 Å². The highest BCUT2D eigenvalue weighted by Gasteiger charge is 2.21. The lowest BCUT2D eigenvalue weighted by Crippen LogP contribution is -2.22. The number of phenols is 2. The molecule has 0 spiro atoms. The highest BCUT2D eigenvalue weighted by Crippen LogP contribution is 2.43. The summed E-state index contributed by atoms with van der Waals surface area (Å²) < 4.78 is 10.9. The van der Waals surface area contributed by atoms with Gasteiger partial charge in [0.25, 0.3) is 5.91 Å². The summed E-state index contributed by atoms with van der Waals surface area (Å²) in [5.74, 6) is -0.190. The van der Waals surface area contributed by atoms with E-state index in [0.717, 1.165) is 6.07 Å². The SMILES string of the molecule is CCNC(=O)c1cc(-c2c(O)cc(O)cc2Oc2ccc(N)cc2)on1. The number of nitrogens with one attached hydrogen (secondary N) is 1. The molecule has 1 aromatic heterocycles. The second-order valence-corrected chi connectivity index (χ2v) is 5.44. The van der Waals surface area contributed by atoms with Gasteiger partial charge in [0.05, 0.1) is 0 Å². The lowest BCUT2D eigenvalue weighted by Gasteiger charge is -2.11. The van der Waals surface area contributed by atoms with Gasteiger partial charge in [0.2, 0.25) is 0 Å². The van der Waals surface area contributed by atoms with E-state index in [9.17, 15) is 15.0 Å². The van der Waals surface area contributed by atoms with Gasteiger partial charge in [-0.15, -0.1) is 0 Å². The smallest absolute Gasteiger partial charge is 0.273 e. The summed E-state index contributed by atoms with van der Waals surface area (Å²) in [4.78, 5) is 11.9. The number of aromatic hydroxyl groups is 2. The summed E-state index contributed by atoms with van der Waals surface area (Å²) in [5.41, 5.74) is 6.43. The van der Waals surface area contributed by atoms with Gasteiger partial charge >= 0.3 is 0 Å². The number of ether oxygens (including phenoxy) is 1. The molecule has 134 valence electrons. The lowest BCUT2D eigenvalue weighted by atomic mass is 10.1. The Morgan fingerprint density at radius 1 is 1.23 bits per heavy atom. The summed E-state index contributed by atoms with van der Waals surface area (Å²) >= 11 is 0. The predicted molar refractivity (Wildman–Crippen MR) is 94.2 cm³/mol. The number of nitrogen functional groups attached to an aromatic ring is 1. The molecule has 0 saturated heterocycles. The first-order chi connectivity index (χ1) is 12.5. The molecule has 1 amide bonds. The molecule has 0 bridgehead atoms. The van der Waals surface area contributed by atoms with Crippen LogP contribution in [0.15, 0.2) is 47.0 Å². The van der Waals surface area contributed by atoms with Gasteiger partial charge in [-0.2, -0.15) is 0 Å². The molecule has 0 fully saturated rings. The zero-order chi connectivity index (χ0) is 18.7. The summed E-state index contributed by atoms with van der Waals surface area (Å²) in [5, 5.41) is 26.3. The van der Waals surface area contributed by atoms with E-state index in [4.69, 9.17) is 15.0 Å². The van der Waals surface area contributed by atoms with E-state index in [0.29, 0.717) is 18.0 Å². The van der Waals surface area contributed by atoms with Crippen LogP contribution in [0.25, 0.3) is 11.3 Å². The number of nitrogens with zero attached hydrogens (tertiary/aromatic N) is 1. The molecule has 3 rings (SSSR count). The number of amides is 1. The minimum atomic E-state index is -0.401. The van der Waals surface area contributed by atoms with Crippen molar-refractivity contribution in [3.05, 3.63) is 48.2 Å². The van der Waals surface area contributed by atoms with E-state index in [1.807, 2.05) is 0 Å². The molecule has 5 N–H and O–H groups in total. The molecule has 0 aliphatic rings. The van der Waals surface area contributed by atoms with Crippen LogP contribution in [0.2, 0.25) is 0 Å². The first-order valence-corrected chi connectivity index (χ1v) is 7.82. The molecule has 2 aromatic carbocycles. The third-order valence-corrected chi connectivity index (χ3v) is 3.50. The Kier molecular flexibility index (Phi) is 4.66. The quantitative estimate of drug-likeness (QED) is 0.518. The van der Waals surface area contributed by atoms with Gasteiger partial charge < -0.3 is 30.5 Å². The lowest BCUT2D eigenvalue weighted by molar-refractivity contribution is 0.0947. The molecule has 0 atom stereocenters. The standard InChI is InChI=1S/C18H17N3O5/c1-2-20-18(24)13-9-16(26-21-13)17-14(23)7-11(22)8-15(17)25-12-5-3-10(19)4-6-12/h3-9,22-23H,2,19H2,1H3,(H,20,24). The molecule has 0 radical (unpaired) electrons. The molecular weight excluding hydrogens is 338 g/mol. The molecule has 0 saturated carbocycles. The zero-order valence-electron chi connectivity index (χ0n) is 13.9. The van der Waals surface area contributed by atoms with Crippen LogP contribution >= 0.6 is 0 Å². The van der Waals surface area contributed by atoms with Crippen molar-refractivity contribution in [3.63, 3.8) is 0 Å². The number of anilines is 1. The van der Waals surface area contributed by atoms with Crippen LogP contribution < -0.4 is 15.8 Å². The number of nitrogens with two attached hydrogens (primary N) is 1. The first-order valence-electron chi connectivity index (χ1n) is 7.82. The number of rotatable bonds is 5. The Balaban J connectivity index is 2.01. The molecule has 1 heterocycles. The van der Waals surface area contributed by atoms with E-state index in [1.54, 1.807) is 31.2 Å². The minimum Gasteiger partial charge on any atom is -0.508 e. The monoisotopic (exact) mass is 355 g/mol. The molecule has 3 aromatic rings. The van der Waals surface area contributed by atoms with Crippen LogP contribution in [0.3, 0.4) is 0 Å². The zero-order valence-corrected chi connectivity index (χ0v) is 13.9. The number of phenolic OH excluding ortho intramolecular Hbond substituents is 2. The number of carbonyl (C=O) groups excluding carboxylic acids is 1. The molecule has 8 heteroatoms. The van der Waals surface area contributed by atoms with Gasteiger partial charge in [-0.3, -0.25) is 4.79 Å². The van der Waals surface area contributed by atoms with Crippen LogP contribution in [-0.4, -0.2) is 27.8 Å². The highest BCUT2D eigenvalue weighted by atomic mass is 16.5. The first kappa shape index (κ1) is 17.2. The number of benzene rings is 2. The Hall–Kier alpha value is -3.68. The topological polar surface area (TPSA) is 131 Å². The fourth-order valence-electron chi connectivity index (χ4n) is 2.33. The average molecular weight is 355 g/mol. The van der Waals surface area contributed by atoms with Gasteiger partial charge in [0, 0.05) is 30.4 Å². The van der Waals surface area contributed by atoms with Crippen LogP contribution in [0.4, 0.5) is 5.69 Å². The van der Waals surface area contributed by atoms with E-state index in [1.165, 1.54) is 12.1 Å². The Morgan fingerprint density at radius 3 is 2.65 bits per heavy atom. The number of aromatic nitrogens is 1. The summed E-state index contributed by atoms with van der Waals surface area (Å²) in [6, 6.07) is 10.4. The Labute approximate surface area is 148 Å². The maximum Gasteiger partial charge on any atom is 0.273 e. The summed E-state index contributed by atoms with van der Waals surface area (Å²) in [6.45, 7) is 2.22. The minimum absolute atomic E-state index is 0.0627. The summed E-state index contributed by atoms with van der Waals surface area (Å²) in [6.07, 6.45) is 0. The van der Waals surface area contributed by atoms with E-state index < -0.39 is 5.91 Å². The van der Waals surface area contributed by atoms with E-state index in [2.05, 4.69) is 10.5 Å². The second-order valence-electron chi connectivity index (χ2n) is 5.44. The number of carbonyl (C=O) groups is 1. The number of hydrogen-bond donors (Lipinski definition) is 4. The fourth-order valence-corrected chi connectivity index (χ4v) is 2.33. The van der Waals surface area contributed by atoms with Gasteiger partial charge in [-0.1, -0.05) is 5.16 Å². The highest BCUT2D eigenvalue weighted by molar-refractivity contribution is 5.93. The van der Waals surface area contributed by atoms with Crippen molar-refractivity contribution in [1.82, 2.24) is 10.5 Å². The van der Waals surface area contributed by atoms with Crippen LogP contribution in [0.5, 0.6) is 23.0 Å². The molecule has 0 unspecified atom stereocenters. The maximum absolute atomic E-state index is 11.9. The van der Waals surface area contributed by atoms with Crippen molar-refractivity contribution in [2.75, 3.05) is 12.3 Å². The molecule has 0 aliphatic heterocycles. The van der Waals surface area contributed by atoms with Crippen molar-refractivity contribution < 1.29 is 24.3 Å². The molecule has 8 nitrogen and oxygen atoms in total. The summed E-state index contributed by atoms with van der Waals surface area (Å²) in [7, 11) is 0. The van der Waals surface area contributed by atoms with Crippen molar-refractivity contribution in [1.29, 1.82) is 0 Å². The second kappa shape index (κ2) is 7.06. The van der Waals surface area contributed by atoms with Crippen molar-refractivity contribution in [2.45, 2.75) is 6.92 Å². The van der Waals surface area contributed by atoms with Crippen molar-refractivity contribution in [2.24, 2.45) is 0 Å². The van der Waals surface area contributed by atoms with Crippen molar-refractivity contribution >= 4 is 11.6 Å². The Bertz CT molecular complexity index is 934. The van der Waals surface area contributed by atoms with Crippen LogP contribution in [0.1, 0.15) is 17.4 Å². The molecule has 26 heavy (non-hydrogen) atoms. The largest absolute Gasteiger partial charge is 0.508 e. The predicted octanol–water partition coefficient (Wildman–Crippen LogP) is 2.88. The third-order valence-electron chi connectivity index (χ3n) is 3.50. The fraction of sp³-hybridized carbons (Fsp3) is 0.111. The van der Waals surface area contributed by atoms with Crippen LogP contribution in [0, 0.1) is 0 Å². The average Bonchev–Trinajstić information content (AvgIpc) is 3.06. The van der Waals surface area contributed by atoms with Crippen molar-refractivity contribution in [3.8, 4) is 34.3 Å².